The molecule has 0 atom stereocenters. The minimum atomic E-state index is -4.61. The molecule has 2 aromatic rings. The zero-order valence-corrected chi connectivity index (χ0v) is 14.3. The Balaban J connectivity index is 1.82. The zero-order chi connectivity index (χ0) is 17.7. The molecule has 2 N–H and O–H groups in total. The van der Waals surface area contributed by atoms with Crippen molar-refractivity contribution in [3.63, 3.8) is 0 Å². The number of anilines is 2. The molecular formula is C13H10BrF3N4O2S. The molecule has 2 amide bonds. The van der Waals surface area contributed by atoms with Gasteiger partial charge in [-0.05, 0) is 28.1 Å². The van der Waals surface area contributed by atoms with Gasteiger partial charge in [-0.2, -0.15) is 13.2 Å². The second-order valence-corrected chi connectivity index (χ2v) is 6.32. The normalized spacial score (nSPS) is 11.2. The Morgan fingerprint density at radius 3 is 2.29 bits per heavy atom. The van der Waals surface area contributed by atoms with E-state index in [1.54, 1.807) is 24.3 Å². The third-order valence-corrected chi connectivity index (χ3v) is 4.22. The van der Waals surface area contributed by atoms with Gasteiger partial charge in [0.05, 0.1) is 5.69 Å². The molecule has 0 aliphatic heterocycles. The summed E-state index contributed by atoms with van der Waals surface area (Å²) in [5.74, 6) is -1.02. The van der Waals surface area contributed by atoms with E-state index in [2.05, 4.69) is 36.8 Å². The molecule has 0 bridgehead atoms. The number of para-hydroxylation sites is 1. The molecule has 0 aliphatic carbocycles. The highest BCUT2D eigenvalue weighted by atomic mass is 79.9. The lowest BCUT2D eigenvalue weighted by atomic mass is 10.2. The molecule has 0 aliphatic rings. The number of carbonyl (C=O) groups excluding carboxylic acids is 2. The number of hydrogen-bond donors (Lipinski definition) is 2. The van der Waals surface area contributed by atoms with Crippen LogP contribution in [0, 0.1) is 0 Å². The summed E-state index contributed by atoms with van der Waals surface area (Å²) in [6, 6.07) is 6.95. The van der Waals surface area contributed by atoms with Crippen molar-refractivity contribution in [1.29, 1.82) is 0 Å². The molecule has 0 unspecified atom stereocenters. The first-order valence-corrected chi connectivity index (χ1v) is 8.11. The molecule has 0 fully saturated rings. The number of amides is 2. The number of benzene rings is 1. The van der Waals surface area contributed by atoms with Crippen LogP contribution in [0.2, 0.25) is 0 Å². The van der Waals surface area contributed by atoms with E-state index in [0.29, 0.717) is 10.2 Å². The minimum Gasteiger partial charge on any atom is -0.325 e. The van der Waals surface area contributed by atoms with Crippen LogP contribution in [-0.4, -0.2) is 22.0 Å². The van der Waals surface area contributed by atoms with E-state index in [-0.39, 0.29) is 29.3 Å². The van der Waals surface area contributed by atoms with Gasteiger partial charge in [0, 0.05) is 17.3 Å². The van der Waals surface area contributed by atoms with Gasteiger partial charge in [0.25, 0.3) is 0 Å². The quantitative estimate of drug-likeness (QED) is 0.769. The Labute approximate surface area is 146 Å². The minimum absolute atomic E-state index is 0.127. The van der Waals surface area contributed by atoms with Crippen LogP contribution < -0.4 is 10.6 Å². The number of halogens is 4. The smallest absolute Gasteiger partial charge is 0.325 e. The molecule has 0 saturated carbocycles. The summed E-state index contributed by atoms with van der Waals surface area (Å²) in [6.07, 6.45) is -4.93. The van der Waals surface area contributed by atoms with Gasteiger partial charge in [-0.25, -0.2) is 0 Å². The molecule has 0 spiro atoms. The van der Waals surface area contributed by atoms with Crippen molar-refractivity contribution in [1.82, 2.24) is 10.2 Å². The first-order chi connectivity index (χ1) is 11.3. The SMILES string of the molecule is O=C(CCC(=O)Nc1ccccc1Br)Nc1nnc(C(F)(F)F)s1. The summed E-state index contributed by atoms with van der Waals surface area (Å²) in [4.78, 5) is 23.4. The predicted molar refractivity (Wildman–Crippen MR) is 85.5 cm³/mol. The highest BCUT2D eigenvalue weighted by Crippen LogP contribution is 2.33. The van der Waals surface area contributed by atoms with Gasteiger partial charge in [-0.3, -0.25) is 9.59 Å². The van der Waals surface area contributed by atoms with Gasteiger partial charge >= 0.3 is 6.18 Å². The van der Waals surface area contributed by atoms with Gasteiger partial charge in [-0.1, -0.05) is 23.5 Å². The number of carbonyl (C=O) groups is 2. The summed E-state index contributed by atoms with van der Waals surface area (Å²) < 4.78 is 37.8. The molecular weight excluding hydrogens is 413 g/mol. The Morgan fingerprint density at radius 2 is 1.71 bits per heavy atom. The molecule has 2 rings (SSSR count). The van der Waals surface area contributed by atoms with Crippen LogP contribution in [0.3, 0.4) is 0 Å². The maximum Gasteiger partial charge on any atom is 0.445 e. The van der Waals surface area contributed by atoms with E-state index in [0.717, 1.165) is 0 Å². The van der Waals surface area contributed by atoms with Crippen molar-refractivity contribution in [2.75, 3.05) is 10.6 Å². The van der Waals surface area contributed by atoms with E-state index >= 15 is 0 Å². The van der Waals surface area contributed by atoms with Crippen LogP contribution >= 0.6 is 27.3 Å². The van der Waals surface area contributed by atoms with Crippen molar-refractivity contribution in [2.24, 2.45) is 0 Å². The van der Waals surface area contributed by atoms with Crippen molar-refractivity contribution in [3.8, 4) is 0 Å². The highest BCUT2D eigenvalue weighted by Gasteiger charge is 2.35. The van der Waals surface area contributed by atoms with Crippen LogP contribution in [0.25, 0.3) is 0 Å². The van der Waals surface area contributed by atoms with E-state index in [1.165, 1.54) is 0 Å². The fraction of sp³-hybridized carbons (Fsp3) is 0.231. The molecule has 1 aromatic heterocycles. The fourth-order valence-electron chi connectivity index (χ4n) is 1.57. The Kier molecular flexibility index (Phi) is 5.89. The lowest BCUT2D eigenvalue weighted by Crippen LogP contribution is -2.17. The summed E-state index contributed by atoms with van der Waals surface area (Å²) in [6.45, 7) is 0. The third kappa shape index (κ3) is 5.27. The van der Waals surface area contributed by atoms with Crippen LogP contribution in [0.5, 0.6) is 0 Å². The Hall–Kier alpha value is -2.01. The van der Waals surface area contributed by atoms with Crippen LogP contribution in [0.15, 0.2) is 28.7 Å². The molecule has 128 valence electrons. The molecule has 1 aromatic carbocycles. The van der Waals surface area contributed by atoms with Crippen molar-refractivity contribution >= 4 is 49.9 Å². The average molecular weight is 423 g/mol. The Morgan fingerprint density at radius 1 is 1.08 bits per heavy atom. The Bertz CT molecular complexity index is 751. The number of aromatic nitrogens is 2. The van der Waals surface area contributed by atoms with Crippen LogP contribution in [0.4, 0.5) is 24.0 Å². The van der Waals surface area contributed by atoms with Crippen LogP contribution in [-0.2, 0) is 15.8 Å². The van der Waals surface area contributed by atoms with E-state index in [1.807, 2.05) is 0 Å². The third-order valence-electron chi connectivity index (χ3n) is 2.64. The van der Waals surface area contributed by atoms with E-state index < -0.39 is 23.0 Å². The van der Waals surface area contributed by atoms with Crippen molar-refractivity contribution in [3.05, 3.63) is 33.7 Å². The standard InChI is InChI=1S/C13H10BrF3N4O2S/c14-7-3-1-2-4-8(7)18-9(22)5-6-10(23)19-12-21-20-11(24-12)13(15,16)17/h1-4H,5-6H2,(H,18,22)(H,19,21,23). The second-order valence-electron chi connectivity index (χ2n) is 4.49. The van der Waals surface area contributed by atoms with Crippen LogP contribution in [0.1, 0.15) is 17.8 Å². The fourth-order valence-corrected chi connectivity index (χ4v) is 2.58. The number of nitrogens with one attached hydrogen (secondary N) is 2. The topological polar surface area (TPSA) is 84.0 Å². The summed E-state index contributed by atoms with van der Waals surface area (Å²) >= 11 is 3.49. The van der Waals surface area contributed by atoms with Gasteiger partial charge in [-0.15, -0.1) is 10.2 Å². The zero-order valence-electron chi connectivity index (χ0n) is 11.9. The van der Waals surface area contributed by atoms with E-state index in [4.69, 9.17) is 0 Å². The summed E-state index contributed by atoms with van der Waals surface area (Å²) in [7, 11) is 0. The van der Waals surface area contributed by atoms with Gasteiger partial charge in [0.1, 0.15) is 0 Å². The molecule has 1 heterocycles. The molecule has 0 radical (unpaired) electrons. The first-order valence-electron chi connectivity index (χ1n) is 6.50. The number of hydrogen-bond acceptors (Lipinski definition) is 5. The predicted octanol–water partition coefficient (Wildman–Crippen LogP) is 3.68. The lowest BCUT2D eigenvalue weighted by Gasteiger charge is -2.06. The second kappa shape index (κ2) is 7.71. The monoisotopic (exact) mass is 422 g/mol. The molecule has 6 nitrogen and oxygen atoms in total. The molecule has 0 saturated heterocycles. The van der Waals surface area contributed by atoms with Crippen molar-refractivity contribution in [2.45, 2.75) is 19.0 Å². The molecule has 24 heavy (non-hydrogen) atoms. The average Bonchev–Trinajstić information content (AvgIpc) is 2.96. The van der Waals surface area contributed by atoms with E-state index in [9.17, 15) is 22.8 Å². The van der Waals surface area contributed by atoms with Crippen molar-refractivity contribution < 1.29 is 22.8 Å². The van der Waals surface area contributed by atoms with Gasteiger partial charge in [0.15, 0.2) is 0 Å². The first kappa shape index (κ1) is 18.3. The maximum absolute atomic E-state index is 12.4. The molecule has 11 heteroatoms. The maximum atomic E-state index is 12.4. The van der Waals surface area contributed by atoms with Gasteiger partial charge < -0.3 is 10.6 Å². The number of alkyl halides is 3. The number of nitrogens with zero attached hydrogens (tertiary/aromatic N) is 2. The summed E-state index contributed by atoms with van der Waals surface area (Å²) in [5, 5.41) is 9.57. The largest absolute Gasteiger partial charge is 0.445 e. The summed E-state index contributed by atoms with van der Waals surface area (Å²) in [5.41, 5.74) is 0.557. The van der Waals surface area contributed by atoms with Gasteiger partial charge in [0.2, 0.25) is 22.0 Å². The lowest BCUT2D eigenvalue weighted by molar-refractivity contribution is -0.138. The highest BCUT2D eigenvalue weighted by molar-refractivity contribution is 9.10. The number of rotatable bonds is 5.